The first-order valence-corrected chi connectivity index (χ1v) is 12.1. The maximum atomic E-state index is 4.81. The molecule has 1 N–H and O–H groups in total. The summed E-state index contributed by atoms with van der Waals surface area (Å²) in [6.07, 6.45) is 4.40. The largest absolute Gasteiger partial charge is 0.356 e. The van der Waals surface area contributed by atoms with Gasteiger partial charge in [0.2, 0.25) is 5.13 Å². The number of hydrogen-bond donors (Lipinski definition) is 1. The first-order chi connectivity index (χ1) is 14.3. The number of nitrogens with one attached hydrogen (secondary N) is 1. The van der Waals surface area contributed by atoms with Gasteiger partial charge in [0.15, 0.2) is 11.1 Å². The molecular formula is C19H31IN8S2. The van der Waals surface area contributed by atoms with Gasteiger partial charge in [0.05, 0.1) is 5.69 Å². The minimum atomic E-state index is 0. The molecule has 0 spiro atoms. The van der Waals surface area contributed by atoms with Crippen LogP contribution in [0.15, 0.2) is 10.4 Å². The maximum Gasteiger partial charge on any atom is 0.205 e. The smallest absolute Gasteiger partial charge is 0.205 e. The van der Waals surface area contributed by atoms with Gasteiger partial charge in [-0.1, -0.05) is 6.92 Å². The second-order valence-corrected chi connectivity index (χ2v) is 8.93. The van der Waals surface area contributed by atoms with E-state index >= 15 is 0 Å². The summed E-state index contributed by atoms with van der Waals surface area (Å²) in [4.78, 5) is 21.0. The fourth-order valence-electron chi connectivity index (χ4n) is 3.73. The van der Waals surface area contributed by atoms with E-state index in [0.717, 1.165) is 75.6 Å². The molecule has 11 heteroatoms. The van der Waals surface area contributed by atoms with E-state index in [2.05, 4.69) is 46.7 Å². The zero-order valence-electron chi connectivity index (χ0n) is 17.7. The number of aryl methyl sites for hydroxylation is 1. The summed E-state index contributed by atoms with van der Waals surface area (Å²) >= 11 is 3.28. The van der Waals surface area contributed by atoms with Crippen LogP contribution in [-0.2, 0) is 12.8 Å². The van der Waals surface area contributed by atoms with Crippen LogP contribution in [0, 0.1) is 0 Å². The first-order valence-electron chi connectivity index (χ1n) is 10.5. The van der Waals surface area contributed by atoms with Crippen molar-refractivity contribution in [3.8, 4) is 0 Å². The number of aliphatic imine (C=N–C) groups is 1. The highest BCUT2D eigenvalue weighted by Gasteiger charge is 2.22. The molecule has 2 aromatic heterocycles. The van der Waals surface area contributed by atoms with Crippen LogP contribution in [0.2, 0.25) is 0 Å². The van der Waals surface area contributed by atoms with E-state index in [0.29, 0.717) is 0 Å². The van der Waals surface area contributed by atoms with Crippen molar-refractivity contribution in [3.63, 3.8) is 0 Å². The highest BCUT2D eigenvalue weighted by atomic mass is 127. The molecule has 8 nitrogen and oxygen atoms in total. The number of rotatable bonds is 6. The van der Waals surface area contributed by atoms with E-state index in [9.17, 15) is 0 Å². The molecule has 2 aliphatic rings. The van der Waals surface area contributed by atoms with Crippen LogP contribution in [0.4, 0.5) is 10.3 Å². The van der Waals surface area contributed by atoms with Gasteiger partial charge in [0, 0.05) is 82.6 Å². The predicted octanol–water partition coefficient (Wildman–Crippen LogP) is 2.72. The lowest BCUT2D eigenvalue weighted by Crippen LogP contribution is -2.52. The van der Waals surface area contributed by atoms with E-state index in [1.165, 1.54) is 35.2 Å². The molecule has 0 radical (unpaired) electrons. The average molecular weight is 563 g/mol. The standard InChI is InChI=1S/C19H30N8S2.HI/c1-3-16-23-19(29-24-16)27-12-10-25(11-13-27)17(20-2)21-7-6-15-14-28-18(22-15)26-8-4-5-9-26;/h14H,3-13H2,1-2H3,(H,20,21);1H. The lowest BCUT2D eigenvalue weighted by Gasteiger charge is -2.36. The Morgan fingerprint density at radius 3 is 2.47 bits per heavy atom. The molecule has 0 unspecified atom stereocenters. The molecule has 0 aromatic carbocycles. The van der Waals surface area contributed by atoms with Gasteiger partial charge >= 0.3 is 0 Å². The number of anilines is 2. The van der Waals surface area contributed by atoms with Crippen LogP contribution in [0.3, 0.4) is 0 Å². The van der Waals surface area contributed by atoms with Crippen molar-refractivity contribution in [2.45, 2.75) is 32.6 Å². The number of halogens is 1. The molecule has 4 heterocycles. The van der Waals surface area contributed by atoms with Crippen molar-refractivity contribution < 1.29 is 0 Å². The zero-order chi connectivity index (χ0) is 20.1. The van der Waals surface area contributed by atoms with Gasteiger partial charge in [-0.15, -0.1) is 35.3 Å². The first kappa shape index (κ1) is 23.5. The molecule has 166 valence electrons. The molecule has 2 aliphatic heterocycles. The molecule has 0 aliphatic carbocycles. The molecule has 0 amide bonds. The number of hydrogen-bond acceptors (Lipinski definition) is 8. The Kier molecular flexibility index (Phi) is 8.93. The highest BCUT2D eigenvalue weighted by Crippen LogP contribution is 2.24. The van der Waals surface area contributed by atoms with Gasteiger partial charge in [0.1, 0.15) is 5.82 Å². The quantitative estimate of drug-likeness (QED) is 0.330. The van der Waals surface area contributed by atoms with Crippen molar-refractivity contribution in [2.24, 2.45) is 4.99 Å². The number of thiazole rings is 1. The second kappa shape index (κ2) is 11.4. The van der Waals surface area contributed by atoms with Crippen molar-refractivity contribution in [1.82, 2.24) is 24.6 Å². The third kappa shape index (κ3) is 5.72. The van der Waals surface area contributed by atoms with Crippen LogP contribution in [0.25, 0.3) is 0 Å². The average Bonchev–Trinajstić information content (AvgIpc) is 3.52. The Hall–Kier alpha value is -1.21. The van der Waals surface area contributed by atoms with E-state index < -0.39 is 0 Å². The molecule has 2 aromatic rings. The van der Waals surface area contributed by atoms with Gasteiger partial charge in [-0.25, -0.2) is 9.97 Å². The SMILES string of the molecule is CCc1nsc(N2CCN(C(=NC)NCCc3csc(N4CCCC4)n3)CC2)n1.I. The van der Waals surface area contributed by atoms with Crippen LogP contribution in [0.1, 0.15) is 31.3 Å². The number of aromatic nitrogens is 3. The number of guanidine groups is 1. The number of piperazine rings is 1. The monoisotopic (exact) mass is 562 g/mol. The van der Waals surface area contributed by atoms with Crippen molar-refractivity contribution in [3.05, 3.63) is 16.9 Å². The van der Waals surface area contributed by atoms with E-state index in [-0.39, 0.29) is 24.0 Å². The van der Waals surface area contributed by atoms with Crippen molar-refractivity contribution in [2.75, 3.05) is 62.7 Å². The van der Waals surface area contributed by atoms with Gasteiger partial charge in [-0.3, -0.25) is 4.99 Å². The summed E-state index contributed by atoms with van der Waals surface area (Å²) in [5.41, 5.74) is 1.17. The highest BCUT2D eigenvalue weighted by molar-refractivity contribution is 14.0. The molecular weight excluding hydrogens is 531 g/mol. The Morgan fingerprint density at radius 1 is 1.07 bits per heavy atom. The van der Waals surface area contributed by atoms with Gasteiger partial charge < -0.3 is 20.0 Å². The topological polar surface area (TPSA) is 72.8 Å². The predicted molar refractivity (Wildman–Crippen MR) is 137 cm³/mol. The minimum absolute atomic E-state index is 0. The van der Waals surface area contributed by atoms with Gasteiger partial charge in [-0.2, -0.15) is 4.37 Å². The van der Waals surface area contributed by atoms with Crippen LogP contribution in [-0.4, -0.2) is 78.1 Å². The zero-order valence-corrected chi connectivity index (χ0v) is 21.7. The third-order valence-electron chi connectivity index (χ3n) is 5.42. The Labute approximate surface area is 204 Å². The summed E-state index contributed by atoms with van der Waals surface area (Å²) < 4.78 is 4.41. The molecule has 0 atom stereocenters. The maximum absolute atomic E-state index is 4.81. The lowest BCUT2D eigenvalue weighted by atomic mass is 10.3. The summed E-state index contributed by atoms with van der Waals surface area (Å²) in [6, 6.07) is 0. The van der Waals surface area contributed by atoms with Crippen LogP contribution < -0.4 is 15.1 Å². The second-order valence-electron chi connectivity index (χ2n) is 7.36. The summed E-state index contributed by atoms with van der Waals surface area (Å²) in [5.74, 6) is 1.92. The molecule has 2 saturated heterocycles. The van der Waals surface area contributed by atoms with Gasteiger partial charge in [-0.05, 0) is 12.8 Å². The fraction of sp³-hybridized carbons (Fsp3) is 0.684. The van der Waals surface area contributed by atoms with Crippen LogP contribution >= 0.6 is 46.8 Å². The fourth-order valence-corrected chi connectivity index (χ4v) is 5.44. The van der Waals surface area contributed by atoms with E-state index in [1.54, 1.807) is 11.3 Å². The minimum Gasteiger partial charge on any atom is -0.356 e. The summed E-state index contributed by atoms with van der Waals surface area (Å²) in [6.45, 7) is 9.04. The normalized spacial score (nSPS) is 17.4. The van der Waals surface area contributed by atoms with E-state index in [4.69, 9.17) is 4.98 Å². The number of nitrogens with zero attached hydrogens (tertiary/aromatic N) is 7. The Morgan fingerprint density at radius 2 is 1.80 bits per heavy atom. The molecule has 0 bridgehead atoms. The third-order valence-corrected chi connectivity index (χ3v) is 7.18. The van der Waals surface area contributed by atoms with E-state index in [1.807, 2.05) is 7.05 Å². The molecule has 0 saturated carbocycles. The lowest BCUT2D eigenvalue weighted by molar-refractivity contribution is 0.372. The molecule has 30 heavy (non-hydrogen) atoms. The Bertz CT molecular complexity index is 809. The van der Waals surface area contributed by atoms with Gasteiger partial charge in [0.25, 0.3) is 0 Å². The molecule has 4 rings (SSSR count). The summed E-state index contributed by atoms with van der Waals surface area (Å²) in [7, 11) is 1.86. The summed E-state index contributed by atoms with van der Waals surface area (Å²) in [5, 5.41) is 7.94. The Balaban J connectivity index is 0.00000256. The van der Waals surface area contributed by atoms with Crippen molar-refractivity contribution >= 4 is 63.1 Å². The van der Waals surface area contributed by atoms with Crippen molar-refractivity contribution in [1.29, 1.82) is 0 Å². The molecule has 2 fully saturated rings. The van der Waals surface area contributed by atoms with Crippen LogP contribution in [0.5, 0.6) is 0 Å².